The van der Waals surface area contributed by atoms with E-state index in [2.05, 4.69) is 58.1 Å². The average molecular weight is 285 g/mol. The fourth-order valence-electron chi connectivity index (χ4n) is 2.70. The number of nitrogens with zero attached hydrogens (tertiary/aromatic N) is 5. The van der Waals surface area contributed by atoms with Gasteiger partial charge in [-0.15, -0.1) is 0 Å². The number of hydrogen-bond acceptors (Lipinski definition) is 4. The highest BCUT2D eigenvalue weighted by atomic mass is 15.3. The maximum atomic E-state index is 4.63. The molecule has 0 bridgehead atoms. The van der Waals surface area contributed by atoms with Crippen molar-refractivity contribution in [1.29, 1.82) is 0 Å². The Hall–Kier alpha value is -1.88. The van der Waals surface area contributed by atoms with Crippen LogP contribution in [0.5, 0.6) is 0 Å². The Labute approximate surface area is 126 Å². The molecule has 1 fully saturated rings. The summed E-state index contributed by atoms with van der Waals surface area (Å²) in [7, 11) is 0. The Morgan fingerprint density at radius 1 is 1.05 bits per heavy atom. The van der Waals surface area contributed by atoms with Crippen molar-refractivity contribution in [3.8, 4) is 0 Å². The molecular weight excluding hydrogens is 262 g/mol. The van der Waals surface area contributed by atoms with Crippen molar-refractivity contribution < 1.29 is 0 Å². The second-order valence-corrected chi connectivity index (χ2v) is 5.85. The van der Waals surface area contributed by atoms with Crippen LogP contribution in [-0.4, -0.2) is 45.8 Å². The van der Waals surface area contributed by atoms with E-state index in [1.807, 2.05) is 17.1 Å². The normalized spacial score (nSPS) is 16.6. The van der Waals surface area contributed by atoms with Crippen LogP contribution in [0, 0.1) is 0 Å². The molecule has 0 aliphatic carbocycles. The smallest absolute Gasteiger partial charge is 0.0764 e. The zero-order valence-corrected chi connectivity index (χ0v) is 12.8. The van der Waals surface area contributed by atoms with Gasteiger partial charge >= 0.3 is 0 Å². The fraction of sp³-hybridized carbons (Fsp3) is 0.500. The minimum absolute atomic E-state index is 0.433. The van der Waals surface area contributed by atoms with Crippen molar-refractivity contribution in [2.24, 2.45) is 0 Å². The highest BCUT2D eigenvalue weighted by Gasteiger charge is 2.18. The predicted molar refractivity (Wildman–Crippen MR) is 84.3 cm³/mol. The van der Waals surface area contributed by atoms with Crippen LogP contribution in [0.3, 0.4) is 0 Å². The number of aromatic nitrogens is 3. The second kappa shape index (κ2) is 6.26. The third kappa shape index (κ3) is 3.42. The van der Waals surface area contributed by atoms with Crippen LogP contribution >= 0.6 is 0 Å². The van der Waals surface area contributed by atoms with Crippen LogP contribution < -0.4 is 4.90 Å². The molecule has 5 heteroatoms. The van der Waals surface area contributed by atoms with Crippen molar-refractivity contribution >= 4 is 5.69 Å². The lowest BCUT2D eigenvalue weighted by Gasteiger charge is -2.35. The summed E-state index contributed by atoms with van der Waals surface area (Å²) in [4.78, 5) is 8.98. The highest BCUT2D eigenvalue weighted by molar-refractivity contribution is 5.44. The summed E-state index contributed by atoms with van der Waals surface area (Å²) in [5, 5.41) is 4.63. The van der Waals surface area contributed by atoms with Crippen LogP contribution in [0.1, 0.15) is 25.6 Å². The first kappa shape index (κ1) is 14.1. The van der Waals surface area contributed by atoms with Gasteiger partial charge in [-0.05, 0) is 32.0 Å². The topological polar surface area (TPSA) is 37.2 Å². The van der Waals surface area contributed by atoms with Crippen LogP contribution in [0.15, 0.2) is 36.8 Å². The van der Waals surface area contributed by atoms with E-state index in [0.29, 0.717) is 6.04 Å². The average Bonchev–Trinajstić information content (AvgIpc) is 2.98. The van der Waals surface area contributed by atoms with Crippen LogP contribution in [0.2, 0.25) is 0 Å². The van der Waals surface area contributed by atoms with Gasteiger partial charge in [0, 0.05) is 63.0 Å². The van der Waals surface area contributed by atoms with Crippen molar-refractivity contribution in [3.63, 3.8) is 0 Å². The SMILES string of the molecule is CC(C)n1ccc(CN2CCN(c3ccncc3)CC2)n1. The molecule has 0 unspecified atom stereocenters. The monoisotopic (exact) mass is 285 g/mol. The Morgan fingerprint density at radius 2 is 1.76 bits per heavy atom. The van der Waals surface area contributed by atoms with Crippen molar-refractivity contribution in [2.45, 2.75) is 26.4 Å². The van der Waals surface area contributed by atoms with E-state index in [4.69, 9.17) is 0 Å². The summed E-state index contributed by atoms with van der Waals surface area (Å²) in [6, 6.07) is 6.73. The Kier molecular flexibility index (Phi) is 4.20. The van der Waals surface area contributed by atoms with Crippen LogP contribution in [0.4, 0.5) is 5.69 Å². The molecule has 0 aromatic carbocycles. The minimum atomic E-state index is 0.433. The summed E-state index contributed by atoms with van der Waals surface area (Å²) in [6.45, 7) is 9.55. The fourth-order valence-corrected chi connectivity index (χ4v) is 2.70. The molecule has 1 aliphatic rings. The molecule has 0 spiro atoms. The molecule has 3 heterocycles. The van der Waals surface area contributed by atoms with E-state index >= 15 is 0 Å². The van der Waals surface area contributed by atoms with Gasteiger partial charge in [-0.1, -0.05) is 0 Å². The molecule has 0 atom stereocenters. The molecule has 0 N–H and O–H groups in total. The molecule has 1 saturated heterocycles. The molecule has 5 nitrogen and oxygen atoms in total. The number of anilines is 1. The van der Waals surface area contributed by atoms with Crippen LogP contribution in [-0.2, 0) is 6.54 Å². The van der Waals surface area contributed by atoms with Crippen molar-refractivity contribution in [2.75, 3.05) is 31.1 Å². The Balaban J connectivity index is 1.54. The third-order valence-electron chi connectivity index (χ3n) is 3.98. The molecule has 0 amide bonds. The lowest BCUT2D eigenvalue weighted by atomic mass is 10.2. The molecule has 0 radical (unpaired) electrons. The van der Waals surface area contributed by atoms with Gasteiger partial charge in [0.15, 0.2) is 0 Å². The summed E-state index contributed by atoms with van der Waals surface area (Å²) in [5.41, 5.74) is 2.44. The third-order valence-corrected chi connectivity index (χ3v) is 3.98. The van der Waals surface area contributed by atoms with Gasteiger partial charge in [0.2, 0.25) is 0 Å². The van der Waals surface area contributed by atoms with Crippen molar-refractivity contribution in [3.05, 3.63) is 42.5 Å². The van der Waals surface area contributed by atoms with E-state index in [1.165, 1.54) is 11.4 Å². The minimum Gasteiger partial charge on any atom is -0.369 e. The molecule has 2 aromatic rings. The van der Waals surface area contributed by atoms with Crippen molar-refractivity contribution in [1.82, 2.24) is 19.7 Å². The Bertz CT molecular complexity index is 555. The summed E-state index contributed by atoms with van der Waals surface area (Å²) < 4.78 is 2.03. The van der Waals surface area contributed by atoms with E-state index in [-0.39, 0.29) is 0 Å². The number of pyridine rings is 1. The number of piperazine rings is 1. The van der Waals surface area contributed by atoms with E-state index in [1.54, 1.807) is 0 Å². The standard InChI is InChI=1S/C16H23N5/c1-14(2)21-8-5-15(18-21)13-19-9-11-20(12-10-19)16-3-6-17-7-4-16/h3-8,14H,9-13H2,1-2H3. The van der Waals surface area contributed by atoms with E-state index in [9.17, 15) is 0 Å². The predicted octanol–water partition coefficient (Wildman–Crippen LogP) is 2.18. The Morgan fingerprint density at radius 3 is 2.38 bits per heavy atom. The van der Waals surface area contributed by atoms with Gasteiger partial charge in [-0.2, -0.15) is 5.10 Å². The molecule has 1 aliphatic heterocycles. The van der Waals surface area contributed by atoms with Gasteiger partial charge in [0.05, 0.1) is 5.69 Å². The number of hydrogen-bond donors (Lipinski definition) is 0. The summed E-state index contributed by atoms with van der Waals surface area (Å²) >= 11 is 0. The van der Waals surface area contributed by atoms with Gasteiger partial charge < -0.3 is 4.90 Å². The molecule has 0 saturated carbocycles. The van der Waals surface area contributed by atoms with E-state index < -0.39 is 0 Å². The zero-order valence-electron chi connectivity index (χ0n) is 12.8. The van der Waals surface area contributed by atoms with Crippen LogP contribution in [0.25, 0.3) is 0 Å². The van der Waals surface area contributed by atoms with Gasteiger partial charge in [-0.3, -0.25) is 14.6 Å². The summed E-state index contributed by atoms with van der Waals surface area (Å²) in [6.07, 6.45) is 5.80. The first-order valence-corrected chi connectivity index (χ1v) is 7.64. The maximum Gasteiger partial charge on any atom is 0.0764 e. The maximum absolute atomic E-state index is 4.63. The first-order valence-electron chi connectivity index (χ1n) is 7.64. The van der Waals surface area contributed by atoms with Gasteiger partial charge in [0.1, 0.15) is 0 Å². The molecule has 21 heavy (non-hydrogen) atoms. The molecule has 3 rings (SSSR count). The quantitative estimate of drug-likeness (QED) is 0.863. The lowest BCUT2D eigenvalue weighted by Crippen LogP contribution is -2.46. The van der Waals surface area contributed by atoms with Gasteiger partial charge in [-0.25, -0.2) is 0 Å². The number of rotatable bonds is 4. The second-order valence-electron chi connectivity index (χ2n) is 5.85. The first-order chi connectivity index (χ1) is 10.2. The highest BCUT2D eigenvalue weighted by Crippen LogP contribution is 2.16. The largest absolute Gasteiger partial charge is 0.369 e. The molecular formula is C16H23N5. The lowest BCUT2D eigenvalue weighted by molar-refractivity contribution is 0.246. The molecule has 112 valence electrons. The summed E-state index contributed by atoms with van der Waals surface area (Å²) in [5.74, 6) is 0. The van der Waals surface area contributed by atoms with Gasteiger partial charge in [0.25, 0.3) is 0 Å². The zero-order chi connectivity index (χ0) is 14.7. The molecule has 2 aromatic heterocycles. The van der Waals surface area contributed by atoms with E-state index in [0.717, 1.165) is 32.7 Å².